The van der Waals surface area contributed by atoms with Gasteiger partial charge in [-0.3, -0.25) is 0 Å². The van der Waals surface area contributed by atoms with Crippen molar-refractivity contribution in [3.8, 4) is 6.07 Å². The zero-order valence-corrected chi connectivity index (χ0v) is 20.2. The summed E-state index contributed by atoms with van der Waals surface area (Å²) in [5, 5.41) is 27.8. The van der Waals surface area contributed by atoms with Gasteiger partial charge in [0.2, 0.25) is 0 Å². The van der Waals surface area contributed by atoms with Crippen molar-refractivity contribution in [2.75, 3.05) is 38.1 Å². The summed E-state index contributed by atoms with van der Waals surface area (Å²) in [5.74, 6) is -0.164. The number of nitrogens with zero attached hydrogens (tertiary/aromatic N) is 9. The first-order valence-corrected chi connectivity index (χ1v) is 11.9. The number of hydrogen-bond acceptors (Lipinski definition) is 8. The Morgan fingerprint density at radius 3 is 2.86 bits per heavy atom. The number of aromatic nitrogens is 5. The van der Waals surface area contributed by atoms with Crippen LogP contribution in [0.1, 0.15) is 32.2 Å². The first-order valence-electron chi connectivity index (χ1n) is 11.5. The minimum atomic E-state index is -1.05. The molecule has 0 radical (unpaired) electrons. The predicted molar refractivity (Wildman–Crippen MR) is 127 cm³/mol. The van der Waals surface area contributed by atoms with Gasteiger partial charge in [0.15, 0.2) is 22.3 Å². The number of hydrogen-bond donors (Lipinski definition) is 1. The van der Waals surface area contributed by atoms with Crippen molar-refractivity contribution < 1.29 is 14.3 Å². The highest BCUT2D eigenvalue weighted by Gasteiger charge is 2.36. The van der Waals surface area contributed by atoms with E-state index in [1.807, 2.05) is 0 Å². The van der Waals surface area contributed by atoms with Gasteiger partial charge in [0.1, 0.15) is 11.0 Å². The Bertz CT molecular complexity index is 1340. The molecule has 0 saturated carbocycles. The Morgan fingerprint density at radius 2 is 2.17 bits per heavy atom. The summed E-state index contributed by atoms with van der Waals surface area (Å²) < 4.78 is 16.8. The van der Waals surface area contributed by atoms with Crippen LogP contribution < -0.4 is 4.90 Å². The smallest absolute Gasteiger partial charge is 0.407 e. The highest BCUT2D eigenvalue weighted by Crippen LogP contribution is 2.38. The molecule has 2 atom stereocenters. The molecule has 2 fully saturated rings. The van der Waals surface area contributed by atoms with Gasteiger partial charge in [-0.1, -0.05) is 23.7 Å². The average molecular weight is 502 g/mol. The van der Waals surface area contributed by atoms with Crippen molar-refractivity contribution >= 4 is 45.4 Å². The van der Waals surface area contributed by atoms with E-state index in [0.29, 0.717) is 41.1 Å². The normalized spacial score (nSPS) is 21.0. The Hall–Kier alpha value is -3.30. The van der Waals surface area contributed by atoms with E-state index in [2.05, 4.69) is 50.1 Å². The lowest BCUT2D eigenvalue weighted by Crippen LogP contribution is -2.58. The number of piperidine rings is 1. The quantitative estimate of drug-likeness (QED) is 0.525. The molecule has 1 N–H and O–H groups in total. The van der Waals surface area contributed by atoms with Crippen LogP contribution >= 0.6 is 11.6 Å². The van der Waals surface area contributed by atoms with Crippen molar-refractivity contribution in [2.45, 2.75) is 44.3 Å². The number of anilines is 1. The molecule has 5 heterocycles. The van der Waals surface area contributed by atoms with Gasteiger partial charge in [0, 0.05) is 37.3 Å². The fourth-order valence-corrected chi connectivity index (χ4v) is 5.17. The summed E-state index contributed by atoms with van der Waals surface area (Å²) in [4.78, 5) is 25.8. The van der Waals surface area contributed by atoms with Gasteiger partial charge in [-0.25, -0.2) is 23.8 Å². The molecule has 5 rings (SSSR count). The molecule has 0 aliphatic carbocycles. The lowest BCUT2D eigenvalue weighted by molar-refractivity contribution is 0.0911. The summed E-state index contributed by atoms with van der Waals surface area (Å²) >= 11 is 5.99. The topological polar surface area (TPSA) is 127 Å². The van der Waals surface area contributed by atoms with Crippen LogP contribution in [0.25, 0.3) is 21.9 Å². The Kier molecular flexibility index (Phi) is 6.06. The monoisotopic (exact) mass is 501 g/mol. The summed E-state index contributed by atoms with van der Waals surface area (Å²) in [5.41, 5.74) is 1.22. The number of halogens is 2. The van der Waals surface area contributed by atoms with Crippen molar-refractivity contribution in [3.63, 3.8) is 0 Å². The van der Waals surface area contributed by atoms with Crippen molar-refractivity contribution in [1.82, 2.24) is 34.8 Å². The molecule has 3 aromatic rings. The molecule has 184 valence electrons. The number of likely N-dealkylation sites (tertiary alicyclic amines) is 1. The standard InChI is InChI=1S/C22H25ClFN9O2/c1-3-30(2)14-10-31(11-14)21-18-19(15-9-26-20(23)16(24)17(15)27-21)33(29-28-18)13-5-7-32(22(34)35)12(8-13)4-6-25/h9,12-14H,3-5,7-8,10-11H2,1-2H3,(H,34,35)/t12-,13+/m1/s1. The summed E-state index contributed by atoms with van der Waals surface area (Å²) in [6, 6.07) is 1.76. The van der Waals surface area contributed by atoms with Crippen molar-refractivity contribution in [2.24, 2.45) is 0 Å². The van der Waals surface area contributed by atoms with E-state index in [1.165, 1.54) is 11.1 Å². The molecule has 0 unspecified atom stereocenters. The Morgan fingerprint density at radius 1 is 1.40 bits per heavy atom. The zero-order valence-electron chi connectivity index (χ0n) is 19.4. The van der Waals surface area contributed by atoms with Crippen LogP contribution in [0.5, 0.6) is 0 Å². The Balaban J connectivity index is 1.60. The highest BCUT2D eigenvalue weighted by molar-refractivity contribution is 6.30. The SMILES string of the molecule is CCN(C)C1CN(c2nc3c(F)c(Cl)ncc3c3c2nnn3[C@H]2CCN(C(=O)O)[C@H](CC#N)C2)C1. The number of rotatable bonds is 5. The fraction of sp³-hybridized carbons (Fsp3) is 0.545. The third kappa shape index (κ3) is 3.88. The Labute approximate surface area is 205 Å². The maximum Gasteiger partial charge on any atom is 0.407 e. The average Bonchev–Trinajstić information content (AvgIpc) is 3.26. The molecule has 35 heavy (non-hydrogen) atoms. The van der Waals surface area contributed by atoms with E-state index < -0.39 is 18.0 Å². The second kappa shape index (κ2) is 9.05. The number of fused-ring (bicyclic) bond motifs is 3. The van der Waals surface area contributed by atoms with Crippen LogP contribution in [-0.2, 0) is 0 Å². The summed E-state index contributed by atoms with van der Waals surface area (Å²) in [6.07, 6.45) is 1.39. The summed E-state index contributed by atoms with van der Waals surface area (Å²) in [6.45, 7) is 4.74. The van der Waals surface area contributed by atoms with Gasteiger partial charge >= 0.3 is 6.09 Å². The molecule has 0 aromatic carbocycles. The van der Waals surface area contributed by atoms with Crippen LogP contribution in [0, 0.1) is 17.1 Å². The fourth-order valence-electron chi connectivity index (χ4n) is 5.04. The van der Waals surface area contributed by atoms with E-state index in [4.69, 9.17) is 11.6 Å². The lowest BCUT2D eigenvalue weighted by Gasteiger charge is -2.44. The number of likely N-dealkylation sites (N-methyl/N-ethyl adjacent to an activating group) is 1. The third-order valence-corrected chi connectivity index (χ3v) is 7.48. The first kappa shape index (κ1) is 23.4. The minimum Gasteiger partial charge on any atom is -0.465 e. The summed E-state index contributed by atoms with van der Waals surface area (Å²) in [7, 11) is 2.06. The lowest BCUT2D eigenvalue weighted by atomic mass is 9.95. The van der Waals surface area contributed by atoms with Gasteiger partial charge in [-0.15, -0.1) is 5.10 Å². The van der Waals surface area contributed by atoms with Crippen LogP contribution in [0.3, 0.4) is 0 Å². The highest BCUT2D eigenvalue weighted by atomic mass is 35.5. The predicted octanol–water partition coefficient (Wildman–Crippen LogP) is 2.90. The maximum absolute atomic E-state index is 15.1. The minimum absolute atomic E-state index is 0.0783. The first-order chi connectivity index (χ1) is 16.8. The van der Waals surface area contributed by atoms with Crippen LogP contribution in [0.15, 0.2) is 6.20 Å². The molecule has 2 aliphatic rings. The van der Waals surface area contributed by atoms with E-state index in [0.717, 1.165) is 19.6 Å². The zero-order chi connectivity index (χ0) is 24.9. The number of pyridine rings is 2. The molecular formula is C22H25ClFN9O2. The number of amides is 1. The van der Waals surface area contributed by atoms with Gasteiger partial charge in [-0.05, 0) is 26.4 Å². The number of nitriles is 1. The van der Waals surface area contributed by atoms with Crippen LogP contribution in [-0.4, -0.2) is 91.3 Å². The van der Waals surface area contributed by atoms with E-state index >= 15 is 4.39 Å². The van der Waals surface area contributed by atoms with Crippen molar-refractivity contribution in [3.05, 3.63) is 17.2 Å². The van der Waals surface area contributed by atoms with E-state index in [9.17, 15) is 15.2 Å². The molecule has 2 aliphatic heterocycles. The molecule has 1 amide bonds. The van der Waals surface area contributed by atoms with Gasteiger partial charge in [0.05, 0.1) is 24.6 Å². The van der Waals surface area contributed by atoms with Crippen molar-refractivity contribution in [1.29, 1.82) is 5.26 Å². The van der Waals surface area contributed by atoms with Gasteiger partial charge in [0.25, 0.3) is 0 Å². The van der Waals surface area contributed by atoms with E-state index in [1.54, 1.807) is 4.68 Å². The van der Waals surface area contributed by atoms with Gasteiger partial charge in [-0.2, -0.15) is 5.26 Å². The van der Waals surface area contributed by atoms with E-state index in [-0.39, 0.29) is 29.7 Å². The molecule has 3 aromatic heterocycles. The van der Waals surface area contributed by atoms with Gasteiger partial charge < -0.3 is 19.8 Å². The van der Waals surface area contributed by atoms with Crippen LogP contribution in [0.4, 0.5) is 15.0 Å². The third-order valence-electron chi connectivity index (χ3n) is 7.22. The number of carboxylic acid groups (broad SMARTS) is 1. The largest absolute Gasteiger partial charge is 0.465 e. The molecular weight excluding hydrogens is 477 g/mol. The molecule has 0 bridgehead atoms. The maximum atomic E-state index is 15.1. The molecule has 0 spiro atoms. The number of carbonyl (C=O) groups is 1. The molecule has 13 heteroatoms. The molecule has 2 saturated heterocycles. The molecule has 11 nitrogen and oxygen atoms in total. The second-order valence-corrected chi connectivity index (χ2v) is 9.45. The second-order valence-electron chi connectivity index (χ2n) is 9.09. The van der Waals surface area contributed by atoms with Crippen LogP contribution in [0.2, 0.25) is 5.15 Å².